The normalized spacial score (nSPS) is 16.9. The molecule has 0 radical (unpaired) electrons. The number of piperidine rings is 1. The van der Waals surface area contributed by atoms with Crippen molar-refractivity contribution < 1.29 is 9.72 Å². The van der Waals surface area contributed by atoms with Crippen LogP contribution < -0.4 is 10.6 Å². The minimum absolute atomic E-state index is 0.0314. The standard InChI is InChI=1S/C18H18ClN3O3S/c19-12-3-6-15(7-4-12)26-17-8-5-14(22(24)25)10-16(17)18(23)21-13-2-1-9-20-11-13/h3-8,10,13,20H,1-2,9,11H2,(H,21,23). The maximum absolute atomic E-state index is 12.8. The molecule has 1 unspecified atom stereocenters. The first-order valence-corrected chi connectivity index (χ1v) is 9.46. The molecule has 1 atom stereocenters. The zero-order chi connectivity index (χ0) is 18.5. The number of nitrogens with one attached hydrogen (secondary N) is 2. The van der Waals surface area contributed by atoms with E-state index in [2.05, 4.69) is 10.6 Å². The van der Waals surface area contributed by atoms with Crippen LogP contribution in [0.1, 0.15) is 23.2 Å². The number of hydrogen-bond acceptors (Lipinski definition) is 5. The summed E-state index contributed by atoms with van der Waals surface area (Å²) in [7, 11) is 0. The lowest BCUT2D eigenvalue weighted by atomic mass is 10.1. The number of nitro benzene ring substituents is 1. The predicted octanol–water partition coefficient (Wildman–Crippen LogP) is 3.88. The molecular formula is C18H18ClN3O3S. The van der Waals surface area contributed by atoms with E-state index in [1.807, 2.05) is 12.1 Å². The second-order valence-electron chi connectivity index (χ2n) is 6.01. The van der Waals surface area contributed by atoms with Gasteiger partial charge in [0.25, 0.3) is 11.6 Å². The van der Waals surface area contributed by atoms with E-state index in [-0.39, 0.29) is 17.6 Å². The lowest BCUT2D eigenvalue weighted by Gasteiger charge is -2.24. The lowest BCUT2D eigenvalue weighted by molar-refractivity contribution is -0.384. The molecule has 0 saturated carbocycles. The summed E-state index contributed by atoms with van der Waals surface area (Å²) in [6.07, 6.45) is 1.89. The molecule has 1 saturated heterocycles. The molecule has 0 aliphatic carbocycles. The van der Waals surface area contributed by atoms with Gasteiger partial charge >= 0.3 is 0 Å². The fraction of sp³-hybridized carbons (Fsp3) is 0.278. The van der Waals surface area contributed by atoms with Gasteiger partial charge in [0, 0.05) is 39.5 Å². The smallest absolute Gasteiger partial charge is 0.270 e. The summed E-state index contributed by atoms with van der Waals surface area (Å²) in [5, 5.41) is 18.0. The van der Waals surface area contributed by atoms with E-state index < -0.39 is 4.92 Å². The number of benzene rings is 2. The Morgan fingerprint density at radius 1 is 1.27 bits per heavy atom. The van der Waals surface area contributed by atoms with Crippen molar-refractivity contribution in [2.75, 3.05) is 13.1 Å². The van der Waals surface area contributed by atoms with Gasteiger partial charge in [0.2, 0.25) is 0 Å². The Morgan fingerprint density at radius 3 is 2.69 bits per heavy atom. The highest BCUT2D eigenvalue weighted by atomic mass is 35.5. The zero-order valence-electron chi connectivity index (χ0n) is 13.9. The lowest BCUT2D eigenvalue weighted by Crippen LogP contribution is -2.45. The van der Waals surface area contributed by atoms with E-state index in [1.165, 1.54) is 23.9 Å². The summed E-state index contributed by atoms with van der Waals surface area (Å²) in [6, 6.07) is 11.6. The quantitative estimate of drug-likeness (QED) is 0.596. The first-order valence-electron chi connectivity index (χ1n) is 8.26. The predicted molar refractivity (Wildman–Crippen MR) is 102 cm³/mol. The van der Waals surface area contributed by atoms with Crippen LogP contribution in [0.4, 0.5) is 5.69 Å². The Kier molecular flexibility index (Phi) is 6.13. The van der Waals surface area contributed by atoms with Crippen LogP contribution >= 0.6 is 23.4 Å². The Balaban J connectivity index is 1.86. The van der Waals surface area contributed by atoms with Gasteiger partial charge < -0.3 is 10.6 Å². The van der Waals surface area contributed by atoms with Crippen molar-refractivity contribution in [3.05, 3.63) is 63.2 Å². The van der Waals surface area contributed by atoms with E-state index in [9.17, 15) is 14.9 Å². The molecule has 0 spiro atoms. The summed E-state index contributed by atoms with van der Waals surface area (Å²) in [6.45, 7) is 1.65. The monoisotopic (exact) mass is 391 g/mol. The molecule has 1 aliphatic rings. The van der Waals surface area contributed by atoms with Crippen LogP contribution in [0.15, 0.2) is 52.3 Å². The van der Waals surface area contributed by atoms with E-state index in [0.717, 1.165) is 24.3 Å². The molecule has 2 aromatic rings. The fourth-order valence-electron chi connectivity index (χ4n) is 2.77. The van der Waals surface area contributed by atoms with Crippen molar-refractivity contribution in [3.8, 4) is 0 Å². The SMILES string of the molecule is O=C(NC1CCCNC1)c1cc([N+](=O)[O-])ccc1Sc1ccc(Cl)cc1. The van der Waals surface area contributed by atoms with Gasteiger partial charge in [0.05, 0.1) is 10.5 Å². The number of carbonyl (C=O) groups excluding carboxylic acids is 1. The van der Waals surface area contributed by atoms with Crippen LogP contribution in [0.5, 0.6) is 0 Å². The highest BCUT2D eigenvalue weighted by Crippen LogP contribution is 2.33. The van der Waals surface area contributed by atoms with E-state index in [4.69, 9.17) is 11.6 Å². The van der Waals surface area contributed by atoms with E-state index >= 15 is 0 Å². The average molecular weight is 392 g/mol. The molecule has 0 aromatic heterocycles. The number of nitrogens with zero attached hydrogens (tertiary/aromatic N) is 1. The highest BCUT2D eigenvalue weighted by molar-refractivity contribution is 7.99. The minimum Gasteiger partial charge on any atom is -0.348 e. The van der Waals surface area contributed by atoms with Gasteiger partial charge in [-0.1, -0.05) is 23.4 Å². The maximum atomic E-state index is 12.8. The van der Waals surface area contributed by atoms with Crippen molar-refractivity contribution in [1.29, 1.82) is 0 Å². The molecule has 26 heavy (non-hydrogen) atoms. The third kappa shape index (κ3) is 4.75. The van der Waals surface area contributed by atoms with Crippen LogP contribution in [-0.4, -0.2) is 30.0 Å². The van der Waals surface area contributed by atoms with Gasteiger partial charge in [-0.15, -0.1) is 0 Å². The second-order valence-corrected chi connectivity index (χ2v) is 7.56. The Hall–Kier alpha value is -2.09. The van der Waals surface area contributed by atoms with Crippen LogP contribution in [-0.2, 0) is 0 Å². The fourth-order valence-corrected chi connectivity index (χ4v) is 3.82. The molecule has 3 rings (SSSR count). The molecule has 1 aliphatic heterocycles. The van der Waals surface area contributed by atoms with Crippen LogP contribution in [0.2, 0.25) is 5.02 Å². The second kappa shape index (κ2) is 8.53. The Morgan fingerprint density at radius 2 is 2.04 bits per heavy atom. The van der Waals surface area contributed by atoms with Crippen molar-refractivity contribution in [3.63, 3.8) is 0 Å². The zero-order valence-corrected chi connectivity index (χ0v) is 15.5. The molecule has 136 valence electrons. The molecule has 1 heterocycles. The van der Waals surface area contributed by atoms with Crippen LogP contribution in [0, 0.1) is 10.1 Å². The van der Waals surface area contributed by atoms with E-state index in [0.29, 0.717) is 22.0 Å². The third-order valence-electron chi connectivity index (χ3n) is 4.09. The molecule has 8 heteroatoms. The molecule has 2 N–H and O–H groups in total. The number of amides is 1. The van der Waals surface area contributed by atoms with E-state index in [1.54, 1.807) is 18.2 Å². The van der Waals surface area contributed by atoms with Gasteiger partial charge in [-0.05, 0) is 49.7 Å². The average Bonchev–Trinajstić information content (AvgIpc) is 2.64. The van der Waals surface area contributed by atoms with Gasteiger partial charge in [-0.25, -0.2) is 0 Å². The largest absolute Gasteiger partial charge is 0.348 e. The van der Waals surface area contributed by atoms with Gasteiger partial charge in [-0.2, -0.15) is 0 Å². The minimum atomic E-state index is -0.490. The number of carbonyl (C=O) groups is 1. The number of halogens is 1. The number of rotatable bonds is 5. The van der Waals surface area contributed by atoms with Crippen LogP contribution in [0.25, 0.3) is 0 Å². The first kappa shape index (κ1) is 18.7. The van der Waals surface area contributed by atoms with Crippen LogP contribution in [0.3, 0.4) is 0 Å². The number of nitro groups is 1. The molecule has 1 fully saturated rings. The topological polar surface area (TPSA) is 84.3 Å². The molecule has 2 aromatic carbocycles. The summed E-state index contributed by atoms with van der Waals surface area (Å²) in [4.78, 5) is 24.9. The summed E-state index contributed by atoms with van der Waals surface area (Å²) >= 11 is 7.28. The van der Waals surface area contributed by atoms with Crippen molar-refractivity contribution in [2.24, 2.45) is 0 Å². The molecule has 6 nitrogen and oxygen atoms in total. The van der Waals surface area contributed by atoms with Crippen molar-refractivity contribution in [1.82, 2.24) is 10.6 Å². The summed E-state index contributed by atoms with van der Waals surface area (Å²) in [5.74, 6) is -0.293. The summed E-state index contributed by atoms with van der Waals surface area (Å²) in [5.41, 5.74) is 0.210. The van der Waals surface area contributed by atoms with Gasteiger partial charge in [0.15, 0.2) is 0 Å². The molecule has 1 amide bonds. The Bertz CT molecular complexity index is 808. The Labute approximate surface area is 160 Å². The van der Waals surface area contributed by atoms with Gasteiger partial charge in [-0.3, -0.25) is 14.9 Å². The highest BCUT2D eigenvalue weighted by Gasteiger charge is 2.21. The molecular weight excluding hydrogens is 374 g/mol. The number of hydrogen-bond donors (Lipinski definition) is 2. The van der Waals surface area contributed by atoms with Crippen molar-refractivity contribution >= 4 is 35.0 Å². The number of non-ortho nitro benzene ring substituents is 1. The van der Waals surface area contributed by atoms with Crippen molar-refractivity contribution in [2.45, 2.75) is 28.7 Å². The molecule has 0 bridgehead atoms. The van der Waals surface area contributed by atoms with Gasteiger partial charge in [0.1, 0.15) is 0 Å². The first-order chi connectivity index (χ1) is 12.5. The maximum Gasteiger partial charge on any atom is 0.270 e. The summed E-state index contributed by atoms with van der Waals surface area (Å²) < 4.78 is 0. The third-order valence-corrected chi connectivity index (χ3v) is 5.43.